The van der Waals surface area contributed by atoms with Crippen LogP contribution >= 0.6 is 0 Å². The van der Waals surface area contributed by atoms with Crippen molar-refractivity contribution in [1.29, 1.82) is 0 Å². The molecule has 0 nitrogen and oxygen atoms in total. The van der Waals surface area contributed by atoms with Crippen molar-refractivity contribution in [2.75, 3.05) is 0 Å². The van der Waals surface area contributed by atoms with E-state index in [9.17, 15) is 9.60 Å². The predicted octanol–water partition coefficient (Wildman–Crippen LogP) is 16.4. The van der Waals surface area contributed by atoms with Gasteiger partial charge in [0.25, 0.3) is 0 Å². The van der Waals surface area contributed by atoms with Crippen molar-refractivity contribution in [2.45, 2.75) is 0 Å². The molecule has 0 bridgehead atoms. The molecule has 0 spiro atoms. The maximum absolute atomic E-state index is 9.77. The first-order chi connectivity index (χ1) is 37.5. The lowest BCUT2D eigenvalue weighted by molar-refractivity contribution is 1.61. The first-order valence-electron chi connectivity index (χ1n) is 29.0. The zero-order valence-electron chi connectivity index (χ0n) is 51.2. The molecule has 0 radical (unpaired) electrons. The molecular weight excluding hydrogens is 697 g/mol. The first kappa shape index (κ1) is 18.2. The van der Waals surface area contributed by atoms with Gasteiger partial charge in [-0.3, -0.25) is 0 Å². The highest BCUT2D eigenvalue weighted by molar-refractivity contribution is 6.30. The number of benzene rings is 12. The van der Waals surface area contributed by atoms with E-state index in [0.717, 1.165) is 38.7 Å². The average molecular weight is 754 g/mol. The molecule has 0 saturated heterocycles. The first-order valence-corrected chi connectivity index (χ1v) is 18.5. The second kappa shape index (κ2) is 13.0. The van der Waals surface area contributed by atoms with Crippen molar-refractivity contribution in [3.8, 4) is 55.6 Å². The van der Waals surface area contributed by atoms with Crippen molar-refractivity contribution < 1.29 is 28.8 Å². The zero-order chi connectivity index (χ0) is 56.4. The Bertz CT molecular complexity index is 4750. The molecule has 0 N–H and O–H groups in total. The molecule has 12 rings (SSSR count). The summed E-state index contributed by atoms with van der Waals surface area (Å²) in [7, 11) is 0. The maximum Gasteiger partial charge on any atom is 0.0629 e. The third-order valence-electron chi connectivity index (χ3n) is 10.9. The van der Waals surface area contributed by atoms with Crippen LogP contribution < -0.4 is 0 Å². The van der Waals surface area contributed by atoms with E-state index in [1.165, 1.54) is 6.07 Å². The Labute approximate surface area is 366 Å². The van der Waals surface area contributed by atoms with Gasteiger partial charge >= 0.3 is 0 Å². The van der Waals surface area contributed by atoms with Crippen LogP contribution in [0.3, 0.4) is 0 Å². The molecule has 0 unspecified atom stereocenters. The van der Waals surface area contributed by atoms with E-state index < -0.39 is 149 Å². The Morgan fingerprint density at radius 3 is 1.48 bits per heavy atom. The van der Waals surface area contributed by atoms with Gasteiger partial charge in [0, 0.05) is 0 Å². The molecule has 0 heteroatoms. The van der Waals surface area contributed by atoms with Gasteiger partial charge in [-0.15, -0.1) is 0 Å². The Morgan fingerprint density at radius 1 is 0.241 bits per heavy atom. The second-order valence-corrected chi connectivity index (χ2v) is 13.9. The number of hydrogen-bond donors (Lipinski definition) is 0. The Morgan fingerprint density at radius 2 is 0.759 bits per heavy atom. The summed E-state index contributed by atoms with van der Waals surface area (Å²) in [5.74, 6) is 0. The quantitative estimate of drug-likeness (QED) is 0.154. The van der Waals surface area contributed by atoms with E-state index in [-0.39, 0.29) is 44.2 Å². The van der Waals surface area contributed by atoms with Crippen molar-refractivity contribution in [1.82, 2.24) is 0 Å². The van der Waals surface area contributed by atoms with Gasteiger partial charge in [0.05, 0.1) is 28.8 Å². The van der Waals surface area contributed by atoms with Crippen LogP contribution in [0.4, 0.5) is 0 Å². The molecule has 12 aromatic carbocycles. The summed E-state index contributed by atoms with van der Waals surface area (Å²) in [5.41, 5.74) is -0.191. The molecule has 0 saturated carbocycles. The number of fused-ring (bicyclic) bond motifs is 3. The summed E-state index contributed by atoms with van der Waals surface area (Å²) in [5, 5.41) is 3.94. The maximum atomic E-state index is 9.77. The molecule has 0 atom stereocenters. The highest BCUT2D eigenvalue weighted by Gasteiger charge is 2.19. The Kier molecular flexibility index (Phi) is 4.07. The van der Waals surface area contributed by atoms with E-state index in [4.69, 9.17) is 19.2 Å². The van der Waals surface area contributed by atoms with Gasteiger partial charge in [0.15, 0.2) is 0 Å². The molecule has 0 aliphatic rings. The second-order valence-electron chi connectivity index (χ2n) is 13.9. The fourth-order valence-corrected chi connectivity index (χ4v) is 8.22. The lowest BCUT2D eigenvalue weighted by atomic mass is 9.83. The molecule has 0 fully saturated rings. The van der Waals surface area contributed by atoms with Crippen LogP contribution in [-0.2, 0) is 0 Å². The van der Waals surface area contributed by atoms with Crippen LogP contribution in [0.1, 0.15) is 28.8 Å². The number of hydrogen-bond acceptors (Lipinski definition) is 0. The standard InChI is InChI=1S/C58H36/c1-4-16-45-37(10-1)13-7-19-47(45)40-22-26-42(27-23-40)55-36-56(43-28-24-41(25-29-43)48-20-8-14-38-11-2-5-17-46(38)48)54-35-34-52-51(32-30-44-31-33-53(55)58(54)57(44)52)50-21-9-15-39-12-3-6-18-49(39)50/h1-36H/i1D,2D,4D,5D,7D,8D,10D,11D,13D,14D,16D,17D,19D,20D,22D,23D,24D,26D,27D,28D,29D. The topological polar surface area (TPSA) is 0 Å². The van der Waals surface area contributed by atoms with Gasteiger partial charge in [-0.25, -0.2) is 0 Å². The smallest absolute Gasteiger partial charge is 0.0616 e. The highest BCUT2D eigenvalue weighted by Crippen LogP contribution is 2.47. The van der Waals surface area contributed by atoms with E-state index in [0.29, 0.717) is 21.5 Å². The van der Waals surface area contributed by atoms with Gasteiger partial charge < -0.3 is 0 Å². The molecular formula is C58H36. The monoisotopic (exact) mass is 753 g/mol. The van der Waals surface area contributed by atoms with Gasteiger partial charge in [-0.05, 0) is 126 Å². The minimum Gasteiger partial charge on any atom is -0.0616 e. The fraction of sp³-hybridized carbons (Fsp3) is 0. The van der Waals surface area contributed by atoms with E-state index in [1.807, 2.05) is 66.7 Å². The number of rotatable bonds is 5. The van der Waals surface area contributed by atoms with E-state index in [2.05, 4.69) is 0 Å². The molecule has 12 aromatic rings. The average Bonchev–Trinajstić information content (AvgIpc) is 3.54. The van der Waals surface area contributed by atoms with Gasteiger partial charge in [-0.2, -0.15) is 0 Å². The summed E-state index contributed by atoms with van der Waals surface area (Å²) < 4.78 is 189. The van der Waals surface area contributed by atoms with Crippen LogP contribution in [0, 0.1) is 0 Å². The highest BCUT2D eigenvalue weighted by atomic mass is 14.2. The summed E-state index contributed by atoms with van der Waals surface area (Å²) in [6, 6.07) is 13.6. The molecule has 268 valence electrons. The molecule has 0 heterocycles. The van der Waals surface area contributed by atoms with Crippen LogP contribution in [0.25, 0.3) is 120 Å². The lowest BCUT2D eigenvalue weighted by Gasteiger charge is -2.20. The van der Waals surface area contributed by atoms with Crippen molar-refractivity contribution in [2.24, 2.45) is 0 Å². The third-order valence-corrected chi connectivity index (χ3v) is 10.9. The Hall–Kier alpha value is -7.54. The molecule has 0 aliphatic heterocycles. The van der Waals surface area contributed by atoms with Crippen molar-refractivity contribution in [3.63, 3.8) is 0 Å². The van der Waals surface area contributed by atoms with Crippen LogP contribution in [0.2, 0.25) is 0 Å². The van der Waals surface area contributed by atoms with Gasteiger partial charge in [0.1, 0.15) is 0 Å². The van der Waals surface area contributed by atoms with E-state index >= 15 is 0 Å². The molecule has 0 aromatic heterocycles. The fourth-order valence-electron chi connectivity index (χ4n) is 8.22. The summed E-state index contributed by atoms with van der Waals surface area (Å²) in [6.45, 7) is 0. The van der Waals surface area contributed by atoms with E-state index in [1.54, 1.807) is 12.1 Å². The summed E-state index contributed by atoms with van der Waals surface area (Å²) >= 11 is 0. The van der Waals surface area contributed by atoms with Crippen LogP contribution in [0.5, 0.6) is 0 Å². The molecule has 58 heavy (non-hydrogen) atoms. The van der Waals surface area contributed by atoms with Crippen LogP contribution in [-0.4, -0.2) is 0 Å². The zero-order valence-corrected chi connectivity index (χ0v) is 30.2. The third kappa shape index (κ3) is 5.09. The minimum atomic E-state index is -0.769. The van der Waals surface area contributed by atoms with Gasteiger partial charge in [0.2, 0.25) is 0 Å². The summed E-state index contributed by atoms with van der Waals surface area (Å²) in [6.07, 6.45) is 0. The summed E-state index contributed by atoms with van der Waals surface area (Å²) in [4.78, 5) is 0. The normalized spacial score (nSPS) is 16.9. The van der Waals surface area contributed by atoms with Gasteiger partial charge in [-0.1, -0.05) is 212 Å². The largest absolute Gasteiger partial charge is 0.0629 e. The minimum absolute atomic E-state index is 0.0753. The lowest BCUT2D eigenvalue weighted by Crippen LogP contribution is -1.93. The molecule has 0 aliphatic carbocycles. The van der Waals surface area contributed by atoms with Crippen molar-refractivity contribution in [3.05, 3.63) is 218 Å². The molecule has 0 amide bonds. The SMILES string of the molecule is [2H]c1cc(-c2c([2H])c([2H])c([2H])c3c([2H])c([2H])c([2H])c([2H])c23)c([2H])c([2H])c1-c1cc(-c2c([2H])c([2H])c(-c3c([2H])c([2H])c([2H])c4c([2H])c([2H])c([2H])c([2H])c34)c([2H])c2[2H])c2ccc3ccc(-c4cccc5ccccc45)c4ccc1c2c34. The predicted molar refractivity (Wildman–Crippen MR) is 250 cm³/mol. The van der Waals surface area contributed by atoms with Crippen molar-refractivity contribution >= 4 is 64.6 Å². The van der Waals surface area contributed by atoms with Crippen LogP contribution in [0.15, 0.2) is 218 Å². The Balaban J connectivity index is 1.21.